The van der Waals surface area contributed by atoms with Gasteiger partial charge in [-0.15, -0.1) is 23.2 Å². The van der Waals surface area contributed by atoms with Crippen LogP contribution in [0.5, 0.6) is 0 Å². The Morgan fingerprint density at radius 2 is 2.12 bits per heavy atom. The molecule has 1 fully saturated rings. The van der Waals surface area contributed by atoms with Gasteiger partial charge in [0.15, 0.2) is 0 Å². The molecule has 0 aromatic rings. The second-order valence-electron chi connectivity index (χ2n) is 2.23. The Labute approximate surface area is 60.2 Å². The first-order valence-electron chi connectivity index (χ1n) is 2.90. The molecule has 0 heterocycles. The highest BCUT2D eigenvalue weighted by atomic mass is 35.5. The molecule has 0 atom stereocenters. The largest absolute Gasteiger partial charge is 0.125 e. The Balaban J connectivity index is 2.17. The summed E-state index contributed by atoms with van der Waals surface area (Å²) in [5, 5.41) is 0. The molecule has 1 aliphatic rings. The van der Waals surface area contributed by atoms with Crippen LogP contribution in [0.3, 0.4) is 0 Å². The topological polar surface area (TPSA) is 0 Å². The van der Waals surface area contributed by atoms with E-state index < -0.39 is 4.33 Å². The Bertz CT molecular complexity index is 88.5. The van der Waals surface area contributed by atoms with Crippen LogP contribution in [0, 0.1) is 5.92 Å². The minimum absolute atomic E-state index is 0.421. The Morgan fingerprint density at radius 1 is 1.62 bits per heavy atom. The molecule has 0 N–H and O–H groups in total. The van der Waals surface area contributed by atoms with Gasteiger partial charge in [-0.1, -0.05) is 13.3 Å². The van der Waals surface area contributed by atoms with Crippen molar-refractivity contribution in [3.05, 3.63) is 5.92 Å². The lowest BCUT2D eigenvalue weighted by atomic mass is 10.2. The molecule has 0 unspecified atom stereocenters. The average molecular weight is 152 g/mol. The van der Waals surface area contributed by atoms with Crippen molar-refractivity contribution in [1.82, 2.24) is 0 Å². The van der Waals surface area contributed by atoms with Crippen LogP contribution in [0.4, 0.5) is 0 Å². The first kappa shape index (κ1) is 6.70. The maximum absolute atomic E-state index is 5.71. The maximum Gasteiger partial charge on any atom is 0.125 e. The van der Waals surface area contributed by atoms with Gasteiger partial charge >= 0.3 is 0 Å². The van der Waals surface area contributed by atoms with Crippen LogP contribution in [0.1, 0.15) is 26.2 Å². The normalized spacial score (nSPS) is 25.9. The monoisotopic (exact) mass is 151 g/mol. The van der Waals surface area contributed by atoms with Gasteiger partial charge in [0.25, 0.3) is 0 Å². The van der Waals surface area contributed by atoms with Crippen LogP contribution in [0.25, 0.3) is 0 Å². The van der Waals surface area contributed by atoms with Crippen molar-refractivity contribution in [1.29, 1.82) is 0 Å². The molecule has 47 valence electrons. The maximum atomic E-state index is 5.71. The number of hydrogen-bond donors (Lipinski definition) is 0. The lowest BCUT2D eigenvalue weighted by Crippen LogP contribution is -1.85. The van der Waals surface area contributed by atoms with Crippen molar-refractivity contribution in [3.8, 4) is 0 Å². The van der Waals surface area contributed by atoms with Crippen molar-refractivity contribution in [2.45, 2.75) is 30.5 Å². The van der Waals surface area contributed by atoms with E-state index in [1.165, 1.54) is 5.92 Å². The first-order valence-corrected chi connectivity index (χ1v) is 3.65. The van der Waals surface area contributed by atoms with E-state index in [2.05, 4.69) is 6.92 Å². The summed E-state index contributed by atoms with van der Waals surface area (Å²) >= 11 is 11.4. The zero-order chi connectivity index (χ0) is 6.20. The van der Waals surface area contributed by atoms with E-state index in [9.17, 15) is 0 Å². The summed E-state index contributed by atoms with van der Waals surface area (Å²) in [6.45, 7) is 2.13. The molecule has 1 aliphatic carbocycles. The molecule has 1 radical (unpaired) electrons. The highest BCUT2D eigenvalue weighted by Gasteiger charge is 2.51. The molecular formula is C6H9Cl2. The highest BCUT2D eigenvalue weighted by Crippen LogP contribution is 2.57. The number of halogens is 2. The van der Waals surface area contributed by atoms with E-state index >= 15 is 0 Å². The summed E-state index contributed by atoms with van der Waals surface area (Å²) in [5.41, 5.74) is 0. The smallest absolute Gasteiger partial charge is 0.101 e. The van der Waals surface area contributed by atoms with Gasteiger partial charge in [-0.25, -0.2) is 0 Å². The Hall–Kier alpha value is 0.580. The molecule has 0 aromatic heterocycles. The third-order valence-corrected chi connectivity index (χ3v) is 2.18. The summed E-state index contributed by atoms with van der Waals surface area (Å²) < 4.78 is -0.421. The van der Waals surface area contributed by atoms with Crippen LogP contribution in [-0.2, 0) is 0 Å². The van der Waals surface area contributed by atoms with E-state index in [4.69, 9.17) is 23.2 Å². The zero-order valence-corrected chi connectivity index (χ0v) is 6.39. The fourth-order valence-corrected chi connectivity index (χ4v) is 1.31. The molecule has 0 nitrogen and oxygen atoms in total. The molecule has 0 amide bonds. The minimum Gasteiger partial charge on any atom is -0.101 e. The van der Waals surface area contributed by atoms with Gasteiger partial charge in [0.2, 0.25) is 0 Å². The van der Waals surface area contributed by atoms with Crippen molar-refractivity contribution in [3.63, 3.8) is 0 Å². The predicted octanol–water partition coefficient (Wildman–Crippen LogP) is 2.94. The van der Waals surface area contributed by atoms with Gasteiger partial charge in [-0.05, 0) is 12.8 Å². The van der Waals surface area contributed by atoms with Gasteiger partial charge in [0.1, 0.15) is 4.33 Å². The first-order chi connectivity index (χ1) is 3.67. The molecule has 0 bridgehead atoms. The number of hydrogen-bond acceptors (Lipinski definition) is 0. The second-order valence-corrected chi connectivity index (χ2v) is 3.72. The average Bonchev–Trinajstić information content (AvgIpc) is 2.15. The Kier molecular flexibility index (Phi) is 1.74. The van der Waals surface area contributed by atoms with E-state index in [1.54, 1.807) is 0 Å². The van der Waals surface area contributed by atoms with Crippen molar-refractivity contribution in [2.75, 3.05) is 0 Å². The molecule has 0 aliphatic heterocycles. The quantitative estimate of drug-likeness (QED) is 0.533. The highest BCUT2D eigenvalue weighted by molar-refractivity contribution is 6.53. The van der Waals surface area contributed by atoms with Crippen LogP contribution in [0.2, 0.25) is 0 Å². The minimum atomic E-state index is -0.421. The van der Waals surface area contributed by atoms with Crippen molar-refractivity contribution < 1.29 is 0 Å². The standard InChI is InChI=1S/C6H9Cl2/c1-2-3-5-4-6(5,7)8/h2-4H2,1H3. The molecule has 0 spiro atoms. The summed E-state index contributed by atoms with van der Waals surface area (Å²) in [7, 11) is 0. The van der Waals surface area contributed by atoms with Crippen LogP contribution >= 0.6 is 23.2 Å². The van der Waals surface area contributed by atoms with Crippen molar-refractivity contribution >= 4 is 23.2 Å². The van der Waals surface area contributed by atoms with Crippen molar-refractivity contribution in [2.24, 2.45) is 0 Å². The summed E-state index contributed by atoms with van der Waals surface area (Å²) in [4.78, 5) is 0. The van der Waals surface area contributed by atoms with Gasteiger partial charge in [-0.3, -0.25) is 0 Å². The third kappa shape index (κ3) is 1.29. The SMILES string of the molecule is CCC[C]1CC1(Cl)Cl. The Morgan fingerprint density at radius 3 is 2.25 bits per heavy atom. The summed E-state index contributed by atoms with van der Waals surface area (Å²) in [5.74, 6) is 1.31. The molecule has 1 rings (SSSR count). The predicted molar refractivity (Wildman–Crippen MR) is 37.2 cm³/mol. The molecule has 0 aromatic carbocycles. The number of alkyl halides is 2. The fraction of sp³-hybridized carbons (Fsp3) is 0.833. The van der Waals surface area contributed by atoms with Crippen LogP contribution in [0.15, 0.2) is 0 Å². The third-order valence-electron chi connectivity index (χ3n) is 1.38. The van der Waals surface area contributed by atoms with E-state index in [1.807, 2.05) is 0 Å². The van der Waals surface area contributed by atoms with E-state index in [0.717, 1.165) is 19.3 Å². The van der Waals surface area contributed by atoms with Crippen LogP contribution < -0.4 is 0 Å². The number of rotatable bonds is 2. The lowest BCUT2D eigenvalue weighted by Gasteiger charge is -1.92. The fourth-order valence-electron chi connectivity index (χ4n) is 0.797. The molecule has 8 heavy (non-hydrogen) atoms. The molecule has 1 saturated carbocycles. The van der Waals surface area contributed by atoms with E-state index in [-0.39, 0.29) is 0 Å². The molecule has 0 saturated heterocycles. The lowest BCUT2D eigenvalue weighted by molar-refractivity contribution is 0.878. The zero-order valence-electron chi connectivity index (χ0n) is 4.88. The molecular weight excluding hydrogens is 143 g/mol. The van der Waals surface area contributed by atoms with Crippen LogP contribution in [-0.4, -0.2) is 4.33 Å². The van der Waals surface area contributed by atoms with Gasteiger partial charge < -0.3 is 0 Å². The van der Waals surface area contributed by atoms with Gasteiger partial charge in [0, 0.05) is 5.92 Å². The summed E-state index contributed by atoms with van der Waals surface area (Å²) in [6, 6.07) is 0. The molecule has 2 heteroatoms. The van der Waals surface area contributed by atoms with Gasteiger partial charge in [0.05, 0.1) is 0 Å². The second kappa shape index (κ2) is 2.07. The summed E-state index contributed by atoms with van der Waals surface area (Å²) in [6.07, 6.45) is 3.19. The van der Waals surface area contributed by atoms with E-state index in [0.29, 0.717) is 0 Å². The van der Waals surface area contributed by atoms with Gasteiger partial charge in [-0.2, -0.15) is 0 Å².